The number of allylic oxidation sites excluding steroid dienone is 8. The number of hydrogen-bond donors (Lipinski definition) is 0. The van der Waals surface area contributed by atoms with Crippen molar-refractivity contribution in [2.75, 3.05) is 0 Å². The number of hydrogen-bond acceptors (Lipinski definition) is 2. The van der Waals surface area contributed by atoms with E-state index in [2.05, 4.69) is 101 Å². The van der Waals surface area contributed by atoms with E-state index in [1.54, 1.807) is 0 Å². The lowest BCUT2D eigenvalue weighted by atomic mass is 9.89. The number of benzene rings is 2. The Bertz CT molecular complexity index is 1200. The minimum atomic E-state index is 0.274. The van der Waals surface area contributed by atoms with Gasteiger partial charge < -0.3 is 0 Å². The van der Waals surface area contributed by atoms with E-state index >= 15 is 0 Å². The Morgan fingerprint density at radius 2 is 1.65 bits per heavy atom. The van der Waals surface area contributed by atoms with Crippen LogP contribution in [0.2, 0.25) is 5.28 Å². The van der Waals surface area contributed by atoms with Gasteiger partial charge in [-0.25, -0.2) is 9.97 Å². The molecule has 1 heterocycles. The number of aromatic nitrogens is 2. The first-order chi connectivity index (χ1) is 15.3. The molecule has 0 saturated carbocycles. The van der Waals surface area contributed by atoms with E-state index in [1.165, 1.54) is 16.7 Å². The highest BCUT2D eigenvalue weighted by Crippen LogP contribution is 2.32. The van der Waals surface area contributed by atoms with Crippen molar-refractivity contribution < 1.29 is 0 Å². The van der Waals surface area contributed by atoms with Crippen LogP contribution in [-0.4, -0.2) is 9.97 Å². The predicted molar refractivity (Wildman–Crippen MR) is 130 cm³/mol. The molecule has 1 aromatic heterocycles. The average Bonchev–Trinajstić information content (AvgIpc) is 2.85. The summed E-state index contributed by atoms with van der Waals surface area (Å²) in [4.78, 5) is 8.97. The lowest BCUT2D eigenvalue weighted by molar-refractivity contribution is 0.855. The molecule has 152 valence electrons. The van der Waals surface area contributed by atoms with Gasteiger partial charge >= 0.3 is 0 Å². The number of nitrogens with zero attached hydrogens (tertiary/aromatic N) is 2. The van der Waals surface area contributed by atoms with Crippen LogP contribution < -0.4 is 0 Å². The van der Waals surface area contributed by atoms with Crippen molar-refractivity contribution in [1.82, 2.24) is 9.97 Å². The molecule has 0 saturated heterocycles. The fraction of sp³-hybridized carbons (Fsp3) is 0.143. The molecule has 2 aromatic carbocycles. The zero-order valence-electron chi connectivity index (χ0n) is 17.2. The van der Waals surface area contributed by atoms with Gasteiger partial charge in [-0.05, 0) is 59.2 Å². The topological polar surface area (TPSA) is 25.8 Å². The van der Waals surface area contributed by atoms with Crippen molar-refractivity contribution in [1.29, 1.82) is 0 Å². The first-order valence-electron chi connectivity index (χ1n) is 10.7. The van der Waals surface area contributed by atoms with Crippen LogP contribution in [-0.2, 0) is 0 Å². The summed E-state index contributed by atoms with van der Waals surface area (Å²) in [6.07, 6.45) is 16.3. The van der Waals surface area contributed by atoms with Gasteiger partial charge in [0.05, 0.1) is 11.4 Å². The van der Waals surface area contributed by atoms with Gasteiger partial charge in [0.25, 0.3) is 0 Å². The lowest BCUT2D eigenvalue weighted by Crippen LogP contribution is -2.00. The molecule has 0 radical (unpaired) electrons. The SMILES string of the molecule is Clc1nc(C2=CCC(c3ccccc3)C=C2)cc(-c2ccc(C3=CC=CCC3)cc2)n1. The first kappa shape index (κ1) is 19.7. The van der Waals surface area contributed by atoms with E-state index in [0.29, 0.717) is 5.92 Å². The number of rotatable bonds is 4. The summed E-state index contributed by atoms with van der Waals surface area (Å²) in [5.41, 5.74) is 7.82. The van der Waals surface area contributed by atoms with Gasteiger partial charge in [0.1, 0.15) is 0 Å². The summed E-state index contributed by atoms with van der Waals surface area (Å²) in [6.45, 7) is 0. The van der Waals surface area contributed by atoms with Crippen molar-refractivity contribution in [3.63, 3.8) is 0 Å². The maximum Gasteiger partial charge on any atom is 0.223 e. The van der Waals surface area contributed by atoms with E-state index in [4.69, 9.17) is 11.6 Å². The summed E-state index contributed by atoms with van der Waals surface area (Å²) in [7, 11) is 0. The molecule has 31 heavy (non-hydrogen) atoms. The van der Waals surface area contributed by atoms with Crippen LogP contribution in [0, 0.1) is 0 Å². The fourth-order valence-electron chi connectivity index (χ4n) is 4.17. The van der Waals surface area contributed by atoms with E-state index in [1.807, 2.05) is 6.07 Å². The van der Waals surface area contributed by atoms with Crippen molar-refractivity contribution in [2.45, 2.75) is 25.2 Å². The van der Waals surface area contributed by atoms with E-state index in [0.717, 1.165) is 41.8 Å². The third kappa shape index (κ3) is 4.45. The van der Waals surface area contributed by atoms with Gasteiger partial charge in [0.15, 0.2) is 0 Å². The minimum Gasteiger partial charge on any atom is -0.218 e. The summed E-state index contributed by atoms with van der Waals surface area (Å²) >= 11 is 6.31. The largest absolute Gasteiger partial charge is 0.223 e. The summed E-state index contributed by atoms with van der Waals surface area (Å²) in [5, 5.41) is 0.274. The minimum absolute atomic E-state index is 0.274. The molecule has 0 amide bonds. The normalized spacial score (nSPS) is 17.9. The second-order valence-corrected chi connectivity index (χ2v) is 8.25. The van der Waals surface area contributed by atoms with Crippen molar-refractivity contribution in [3.05, 3.63) is 119 Å². The second-order valence-electron chi connectivity index (χ2n) is 7.92. The lowest BCUT2D eigenvalue weighted by Gasteiger charge is -2.17. The monoisotopic (exact) mass is 422 g/mol. The van der Waals surface area contributed by atoms with Gasteiger partial charge in [0.2, 0.25) is 5.28 Å². The van der Waals surface area contributed by atoms with Crippen LogP contribution in [0.4, 0.5) is 0 Å². The molecule has 0 bridgehead atoms. The van der Waals surface area contributed by atoms with E-state index < -0.39 is 0 Å². The average molecular weight is 423 g/mol. The third-order valence-electron chi connectivity index (χ3n) is 5.89. The first-order valence-corrected chi connectivity index (χ1v) is 11.1. The molecule has 2 aliphatic carbocycles. The van der Waals surface area contributed by atoms with Crippen molar-refractivity contribution >= 4 is 22.7 Å². The molecule has 3 aromatic rings. The van der Waals surface area contributed by atoms with Crippen LogP contribution >= 0.6 is 11.6 Å². The second kappa shape index (κ2) is 8.87. The van der Waals surface area contributed by atoms with E-state index in [9.17, 15) is 0 Å². The zero-order chi connectivity index (χ0) is 21.0. The smallest absolute Gasteiger partial charge is 0.218 e. The summed E-state index contributed by atoms with van der Waals surface area (Å²) < 4.78 is 0. The van der Waals surface area contributed by atoms with Crippen LogP contribution in [0.15, 0.2) is 97.1 Å². The molecule has 0 aliphatic heterocycles. The molecular weight excluding hydrogens is 400 g/mol. The molecule has 3 heteroatoms. The maximum absolute atomic E-state index is 6.31. The molecule has 5 rings (SSSR count). The Hall–Kier alpha value is -3.23. The number of halogens is 1. The highest BCUT2D eigenvalue weighted by molar-refractivity contribution is 6.28. The highest BCUT2D eigenvalue weighted by Gasteiger charge is 2.14. The van der Waals surface area contributed by atoms with Crippen LogP contribution in [0.3, 0.4) is 0 Å². The standard InChI is InChI=1S/C28H23ClN2/c29-28-30-26(24-15-11-22(12-16-24)20-7-3-1-4-8-20)19-27(31-28)25-17-13-23(14-18-25)21-9-5-2-6-10-21/h1-5,7-9,11,13-19,22H,6,10,12H2. The molecule has 2 nitrogen and oxygen atoms in total. The molecule has 0 fully saturated rings. The highest BCUT2D eigenvalue weighted by atomic mass is 35.5. The quantitative estimate of drug-likeness (QED) is 0.403. The van der Waals surface area contributed by atoms with Crippen LogP contribution in [0.5, 0.6) is 0 Å². The van der Waals surface area contributed by atoms with Gasteiger partial charge in [-0.3, -0.25) is 0 Å². The summed E-state index contributed by atoms with van der Waals surface area (Å²) in [5.74, 6) is 0.401. The molecule has 2 aliphatic rings. The Balaban J connectivity index is 1.39. The van der Waals surface area contributed by atoms with Gasteiger partial charge in [-0.2, -0.15) is 0 Å². The predicted octanol–water partition coefficient (Wildman–Crippen LogP) is 7.66. The zero-order valence-corrected chi connectivity index (χ0v) is 18.0. The molecular formula is C28H23ClN2. The molecule has 1 atom stereocenters. The van der Waals surface area contributed by atoms with Crippen molar-refractivity contribution in [3.8, 4) is 11.3 Å². The van der Waals surface area contributed by atoms with Gasteiger partial charge in [-0.1, -0.05) is 91.1 Å². The van der Waals surface area contributed by atoms with Gasteiger partial charge in [0, 0.05) is 11.5 Å². The van der Waals surface area contributed by atoms with E-state index in [-0.39, 0.29) is 5.28 Å². The van der Waals surface area contributed by atoms with Crippen LogP contribution in [0.25, 0.3) is 22.4 Å². The Labute approximate surface area is 188 Å². The Morgan fingerprint density at radius 1 is 0.871 bits per heavy atom. The Morgan fingerprint density at radius 3 is 2.35 bits per heavy atom. The van der Waals surface area contributed by atoms with Crippen molar-refractivity contribution in [2.24, 2.45) is 0 Å². The molecule has 0 spiro atoms. The van der Waals surface area contributed by atoms with Gasteiger partial charge in [-0.15, -0.1) is 0 Å². The maximum atomic E-state index is 6.31. The molecule has 0 N–H and O–H groups in total. The third-order valence-corrected chi connectivity index (χ3v) is 6.06. The molecule has 1 unspecified atom stereocenters. The fourth-order valence-corrected chi connectivity index (χ4v) is 4.35. The van der Waals surface area contributed by atoms with Crippen LogP contribution in [0.1, 0.15) is 42.0 Å². The Kier molecular flexibility index (Phi) is 5.64. The summed E-state index contributed by atoms with van der Waals surface area (Å²) in [6, 6.07) is 21.2.